The SMILES string of the molecule is COc1ccc(-c2noc(C(=O)O)c2C)c(OC)c1. The molecular weight excluding hydrogens is 250 g/mol. The molecule has 6 heteroatoms. The van der Waals surface area contributed by atoms with Crippen LogP contribution in [-0.4, -0.2) is 30.5 Å². The van der Waals surface area contributed by atoms with Crippen molar-refractivity contribution in [2.45, 2.75) is 6.92 Å². The highest BCUT2D eigenvalue weighted by Crippen LogP contribution is 2.35. The van der Waals surface area contributed by atoms with Gasteiger partial charge in [-0.1, -0.05) is 5.16 Å². The van der Waals surface area contributed by atoms with Gasteiger partial charge in [-0.25, -0.2) is 4.79 Å². The molecule has 0 saturated heterocycles. The maximum absolute atomic E-state index is 10.9. The Kier molecular flexibility index (Phi) is 3.41. The molecule has 1 aromatic carbocycles. The normalized spacial score (nSPS) is 10.3. The molecule has 0 atom stereocenters. The summed E-state index contributed by atoms with van der Waals surface area (Å²) in [5.74, 6) is -0.149. The van der Waals surface area contributed by atoms with Crippen molar-refractivity contribution >= 4 is 5.97 Å². The predicted molar refractivity (Wildman–Crippen MR) is 66.7 cm³/mol. The van der Waals surface area contributed by atoms with Gasteiger partial charge >= 0.3 is 5.97 Å². The monoisotopic (exact) mass is 263 g/mol. The first kappa shape index (κ1) is 12.9. The van der Waals surface area contributed by atoms with Crippen molar-refractivity contribution in [3.05, 3.63) is 29.5 Å². The van der Waals surface area contributed by atoms with Gasteiger partial charge in [0.1, 0.15) is 17.2 Å². The van der Waals surface area contributed by atoms with Crippen molar-refractivity contribution in [3.63, 3.8) is 0 Å². The molecule has 0 unspecified atom stereocenters. The summed E-state index contributed by atoms with van der Waals surface area (Å²) in [7, 11) is 3.07. The molecule has 100 valence electrons. The standard InChI is InChI=1S/C13H13NO5/c1-7-11(14-19-12(7)13(15)16)9-5-4-8(17-2)6-10(9)18-3/h4-6H,1-3H3,(H,15,16). The molecule has 0 amide bonds. The van der Waals surface area contributed by atoms with Gasteiger partial charge in [0.05, 0.1) is 14.2 Å². The smallest absolute Gasteiger partial charge is 0.375 e. The van der Waals surface area contributed by atoms with E-state index in [2.05, 4.69) is 5.16 Å². The second kappa shape index (κ2) is 5.01. The Labute approximate surface area is 109 Å². The second-order valence-corrected chi connectivity index (χ2v) is 3.86. The lowest BCUT2D eigenvalue weighted by atomic mass is 10.1. The van der Waals surface area contributed by atoms with Crippen molar-refractivity contribution in [1.82, 2.24) is 5.16 Å². The van der Waals surface area contributed by atoms with Crippen LogP contribution < -0.4 is 9.47 Å². The number of carboxylic acids is 1. The van der Waals surface area contributed by atoms with E-state index in [0.29, 0.717) is 28.3 Å². The highest BCUT2D eigenvalue weighted by molar-refractivity contribution is 5.88. The van der Waals surface area contributed by atoms with Gasteiger partial charge in [0.15, 0.2) is 0 Å². The van der Waals surface area contributed by atoms with Crippen LogP contribution in [0.1, 0.15) is 16.1 Å². The second-order valence-electron chi connectivity index (χ2n) is 3.86. The lowest BCUT2D eigenvalue weighted by Gasteiger charge is -2.08. The molecule has 0 fully saturated rings. The summed E-state index contributed by atoms with van der Waals surface area (Å²) in [6.07, 6.45) is 0. The number of aromatic carboxylic acids is 1. The molecule has 0 spiro atoms. The molecular formula is C13H13NO5. The van der Waals surface area contributed by atoms with Crippen LogP contribution in [0.2, 0.25) is 0 Å². The summed E-state index contributed by atoms with van der Waals surface area (Å²) in [6.45, 7) is 1.64. The lowest BCUT2D eigenvalue weighted by molar-refractivity contribution is 0.0651. The average molecular weight is 263 g/mol. The first-order valence-corrected chi connectivity index (χ1v) is 5.50. The zero-order valence-electron chi connectivity index (χ0n) is 10.8. The van der Waals surface area contributed by atoms with Crippen LogP contribution in [0.3, 0.4) is 0 Å². The van der Waals surface area contributed by atoms with E-state index >= 15 is 0 Å². The molecule has 0 saturated carbocycles. The van der Waals surface area contributed by atoms with E-state index in [9.17, 15) is 4.79 Å². The molecule has 6 nitrogen and oxygen atoms in total. The number of hydrogen-bond donors (Lipinski definition) is 1. The number of ether oxygens (including phenoxy) is 2. The fourth-order valence-corrected chi connectivity index (χ4v) is 1.78. The molecule has 1 N–H and O–H groups in total. The molecule has 0 radical (unpaired) electrons. The maximum atomic E-state index is 10.9. The summed E-state index contributed by atoms with van der Waals surface area (Å²) >= 11 is 0. The number of carbonyl (C=O) groups is 1. The van der Waals surface area contributed by atoms with E-state index in [1.165, 1.54) is 7.11 Å². The predicted octanol–water partition coefficient (Wildman–Crippen LogP) is 2.37. The van der Waals surface area contributed by atoms with Crippen LogP contribution >= 0.6 is 0 Å². The van der Waals surface area contributed by atoms with Crippen molar-refractivity contribution in [3.8, 4) is 22.8 Å². The summed E-state index contributed by atoms with van der Waals surface area (Å²) in [4.78, 5) is 10.9. The minimum absolute atomic E-state index is 0.173. The van der Waals surface area contributed by atoms with Gasteiger partial charge in [-0.2, -0.15) is 0 Å². The third kappa shape index (κ3) is 2.24. The number of aromatic nitrogens is 1. The maximum Gasteiger partial charge on any atom is 0.375 e. The van der Waals surface area contributed by atoms with E-state index in [0.717, 1.165) is 0 Å². The summed E-state index contributed by atoms with van der Waals surface area (Å²) in [5, 5.41) is 12.7. The van der Waals surface area contributed by atoms with Crippen molar-refractivity contribution in [1.29, 1.82) is 0 Å². The van der Waals surface area contributed by atoms with Gasteiger partial charge in [-0.3, -0.25) is 0 Å². The quantitative estimate of drug-likeness (QED) is 0.911. The van der Waals surface area contributed by atoms with Gasteiger partial charge < -0.3 is 19.1 Å². The highest BCUT2D eigenvalue weighted by atomic mass is 16.5. The number of carboxylic acid groups (broad SMARTS) is 1. The van der Waals surface area contributed by atoms with Gasteiger partial charge in [0, 0.05) is 17.2 Å². The van der Waals surface area contributed by atoms with E-state index in [4.69, 9.17) is 19.1 Å². The van der Waals surface area contributed by atoms with E-state index in [-0.39, 0.29) is 5.76 Å². The van der Waals surface area contributed by atoms with Crippen LogP contribution in [-0.2, 0) is 0 Å². The van der Waals surface area contributed by atoms with Crippen LogP contribution in [0.15, 0.2) is 22.7 Å². The molecule has 0 bridgehead atoms. The first-order chi connectivity index (χ1) is 9.08. The minimum Gasteiger partial charge on any atom is -0.497 e. The molecule has 0 aliphatic carbocycles. The Balaban J connectivity index is 2.55. The van der Waals surface area contributed by atoms with Gasteiger partial charge in [0.25, 0.3) is 0 Å². The Bertz CT molecular complexity index is 617. The Morgan fingerprint density at radius 1 is 1.32 bits per heavy atom. The zero-order valence-corrected chi connectivity index (χ0v) is 10.8. The molecule has 0 aliphatic heterocycles. The van der Waals surface area contributed by atoms with Gasteiger partial charge in [0.2, 0.25) is 5.76 Å². The molecule has 2 rings (SSSR count). The number of methoxy groups -OCH3 is 2. The molecule has 19 heavy (non-hydrogen) atoms. The lowest BCUT2D eigenvalue weighted by Crippen LogP contribution is -1.96. The van der Waals surface area contributed by atoms with Gasteiger partial charge in [-0.15, -0.1) is 0 Å². The summed E-state index contributed by atoms with van der Waals surface area (Å²) < 4.78 is 15.2. The molecule has 1 aromatic heterocycles. The van der Waals surface area contributed by atoms with Gasteiger partial charge in [-0.05, 0) is 19.1 Å². The first-order valence-electron chi connectivity index (χ1n) is 5.50. The third-order valence-electron chi connectivity index (χ3n) is 2.78. The largest absolute Gasteiger partial charge is 0.497 e. The fraction of sp³-hybridized carbons (Fsp3) is 0.231. The third-order valence-corrected chi connectivity index (χ3v) is 2.78. The number of rotatable bonds is 4. The van der Waals surface area contributed by atoms with Crippen LogP contribution in [0.25, 0.3) is 11.3 Å². The number of hydrogen-bond acceptors (Lipinski definition) is 5. The average Bonchev–Trinajstić information content (AvgIpc) is 2.79. The molecule has 1 heterocycles. The Hall–Kier alpha value is -2.50. The number of benzene rings is 1. The van der Waals surface area contributed by atoms with Crippen molar-refractivity contribution in [2.75, 3.05) is 14.2 Å². The van der Waals surface area contributed by atoms with E-state index in [1.807, 2.05) is 0 Å². The van der Waals surface area contributed by atoms with E-state index in [1.54, 1.807) is 32.2 Å². The summed E-state index contributed by atoms with van der Waals surface area (Å²) in [6, 6.07) is 5.18. The summed E-state index contributed by atoms with van der Waals surface area (Å²) in [5.41, 5.74) is 1.55. The minimum atomic E-state index is -1.15. The van der Waals surface area contributed by atoms with Crippen LogP contribution in [0.4, 0.5) is 0 Å². The van der Waals surface area contributed by atoms with E-state index < -0.39 is 5.97 Å². The zero-order chi connectivity index (χ0) is 14.0. The van der Waals surface area contributed by atoms with Crippen molar-refractivity contribution in [2.24, 2.45) is 0 Å². The molecule has 2 aromatic rings. The number of nitrogens with zero attached hydrogens (tertiary/aromatic N) is 1. The van der Waals surface area contributed by atoms with Crippen LogP contribution in [0, 0.1) is 6.92 Å². The topological polar surface area (TPSA) is 81.8 Å². The van der Waals surface area contributed by atoms with Crippen LogP contribution in [0.5, 0.6) is 11.5 Å². The Morgan fingerprint density at radius 2 is 2.05 bits per heavy atom. The Morgan fingerprint density at radius 3 is 2.58 bits per heavy atom. The fourth-order valence-electron chi connectivity index (χ4n) is 1.78. The highest BCUT2D eigenvalue weighted by Gasteiger charge is 2.21. The molecule has 0 aliphatic rings. The van der Waals surface area contributed by atoms with Crippen molar-refractivity contribution < 1.29 is 23.9 Å².